The van der Waals surface area contributed by atoms with Gasteiger partial charge in [0.1, 0.15) is 11.5 Å². The largest absolute Gasteiger partial charge is 0.466 e. The molecule has 7 heteroatoms. The zero-order valence-corrected chi connectivity index (χ0v) is 14.9. The predicted molar refractivity (Wildman–Crippen MR) is 94.2 cm³/mol. The van der Waals surface area contributed by atoms with E-state index in [1.165, 1.54) is 12.4 Å². The third-order valence-electron chi connectivity index (χ3n) is 5.43. The number of halogens is 1. The van der Waals surface area contributed by atoms with E-state index in [2.05, 4.69) is 14.9 Å². The summed E-state index contributed by atoms with van der Waals surface area (Å²) in [5, 5.41) is 0. The molecule has 0 saturated carbocycles. The van der Waals surface area contributed by atoms with Gasteiger partial charge in [0.25, 0.3) is 0 Å². The fraction of sp³-hybridized carbons (Fsp3) is 0.526. The summed E-state index contributed by atoms with van der Waals surface area (Å²) in [6.45, 7) is 4.20. The van der Waals surface area contributed by atoms with Crippen LogP contribution in [0.3, 0.4) is 0 Å². The van der Waals surface area contributed by atoms with Crippen LogP contribution in [0.15, 0.2) is 28.9 Å². The molecule has 4 rings (SSSR count). The molecule has 2 aromatic rings. The number of rotatable bonds is 4. The van der Waals surface area contributed by atoms with Gasteiger partial charge < -0.3 is 14.2 Å². The maximum absolute atomic E-state index is 13.0. The summed E-state index contributed by atoms with van der Waals surface area (Å²) >= 11 is 0. The van der Waals surface area contributed by atoms with E-state index in [1.54, 1.807) is 0 Å². The Kier molecular flexibility index (Phi) is 4.61. The highest BCUT2D eigenvalue weighted by molar-refractivity contribution is 5.77. The Hall–Kier alpha value is -2.44. The minimum atomic E-state index is -0.425. The molecule has 138 valence electrons. The van der Waals surface area contributed by atoms with E-state index in [0.717, 1.165) is 43.9 Å². The number of amides is 1. The summed E-state index contributed by atoms with van der Waals surface area (Å²) in [5.41, 5.74) is 0. The van der Waals surface area contributed by atoms with Crippen LogP contribution in [0.25, 0.3) is 0 Å². The number of fused-ring (bicyclic) bond motifs is 1. The zero-order chi connectivity index (χ0) is 18.1. The number of anilines is 1. The van der Waals surface area contributed by atoms with Crippen molar-refractivity contribution in [1.29, 1.82) is 0 Å². The molecule has 2 aromatic heterocycles. The number of nitrogens with zero attached hydrogens (tertiary/aromatic N) is 4. The maximum Gasteiger partial charge on any atom is 0.225 e. The smallest absolute Gasteiger partial charge is 0.225 e. The minimum Gasteiger partial charge on any atom is -0.466 e. The summed E-state index contributed by atoms with van der Waals surface area (Å²) in [5.74, 6) is 2.60. The van der Waals surface area contributed by atoms with E-state index in [1.807, 2.05) is 24.0 Å². The van der Waals surface area contributed by atoms with Gasteiger partial charge in [-0.1, -0.05) is 0 Å². The summed E-state index contributed by atoms with van der Waals surface area (Å²) in [4.78, 5) is 24.8. The van der Waals surface area contributed by atoms with E-state index in [9.17, 15) is 9.18 Å². The van der Waals surface area contributed by atoms with Crippen molar-refractivity contribution in [2.45, 2.75) is 38.6 Å². The number of aromatic nitrogens is 2. The second kappa shape index (κ2) is 7.05. The molecule has 1 amide bonds. The lowest BCUT2D eigenvalue weighted by atomic mass is 9.83. The van der Waals surface area contributed by atoms with Crippen molar-refractivity contribution >= 4 is 11.9 Å². The number of furan rings is 1. The fourth-order valence-electron chi connectivity index (χ4n) is 4.14. The number of aryl methyl sites for hydroxylation is 1. The Bertz CT molecular complexity index is 776. The van der Waals surface area contributed by atoms with Gasteiger partial charge in [-0.05, 0) is 37.8 Å². The normalized spacial score (nSPS) is 23.2. The summed E-state index contributed by atoms with van der Waals surface area (Å²) in [7, 11) is 0. The fourth-order valence-corrected chi connectivity index (χ4v) is 4.14. The molecule has 2 aliphatic rings. The molecule has 0 radical (unpaired) electrons. The molecule has 2 aliphatic heterocycles. The van der Waals surface area contributed by atoms with E-state index in [-0.39, 0.29) is 11.9 Å². The average Bonchev–Trinajstić information content (AvgIpc) is 3.06. The lowest BCUT2D eigenvalue weighted by Crippen LogP contribution is -2.56. The van der Waals surface area contributed by atoms with Crippen LogP contribution in [0.2, 0.25) is 0 Å². The molecule has 0 unspecified atom stereocenters. The maximum atomic E-state index is 13.0. The summed E-state index contributed by atoms with van der Waals surface area (Å²) in [6.07, 6.45) is 5.50. The minimum absolute atomic E-state index is 0.237. The molecule has 2 fully saturated rings. The summed E-state index contributed by atoms with van der Waals surface area (Å²) < 4.78 is 18.7. The van der Waals surface area contributed by atoms with Crippen molar-refractivity contribution in [2.75, 3.05) is 24.5 Å². The highest BCUT2D eigenvalue weighted by Gasteiger charge is 2.39. The van der Waals surface area contributed by atoms with Crippen LogP contribution in [0.4, 0.5) is 10.3 Å². The number of piperidine rings is 2. The Labute approximate surface area is 152 Å². The first-order valence-corrected chi connectivity index (χ1v) is 9.17. The quantitative estimate of drug-likeness (QED) is 0.841. The third kappa shape index (κ3) is 3.43. The van der Waals surface area contributed by atoms with Crippen molar-refractivity contribution in [3.8, 4) is 0 Å². The molecule has 0 aliphatic carbocycles. The van der Waals surface area contributed by atoms with Gasteiger partial charge in [0, 0.05) is 38.5 Å². The molecule has 2 saturated heterocycles. The molecule has 26 heavy (non-hydrogen) atoms. The van der Waals surface area contributed by atoms with Crippen LogP contribution in [0, 0.1) is 18.7 Å². The number of carbonyl (C=O) groups is 1. The van der Waals surface area contributed by atoms with Gasteiger partial charge in [-0.15, -0.1) is 0 Å². The standard InChI is InChI=1S/C19H23FN4O2/c1-13-2-4-16(26-13)6-9-24-17-7-8-23(12-14(17)3-5-18(24)25)19-21-10-15(20)11-22-19/h2,4,10-11,14,17H,3,5-9,12H2,1H3/t14-,17+/m0/s1. The van der Waals surface area contributed by atoms with Crippen molar-refractivity contribution in [3.63, 3.8) is 0 Å². The molecule has 0 aromatic carbocycles. The van der Waals surface area contributed by atoms with Gasteiger partial charge in [0.05, 0.1) is 12.4 Å². The van der Waals surface area contributed by atoms with Crippen LogP contribution >= 0.6 is 0 Å². The van der Waals surface area contributed by atoms with Gasteiger partial charge in [-0.3, -0.25) is 4.79 Å². The molecule has 4 heterocycles. The van der Waals surface area contributed by atoms with Crippen molar-refractivity contribution < 1.29 is 13.6 Å². The number of hydrogen-bond acceptors (Lipinski definition) is 5. The van der Waals surface area contributed by atoms with Crippen LogP contribution in [0.5, 0.6) is 0 Å². The Morgan fingerprint density at radius 3 is 2.81 bits per heavy atom. The lowest BCUT2D eigenvalue weighted by Gasteiger charge is -2.47. The van der Waals surface area contributed by atoms with E-state index in [4.69, 9.17) is 4.42 Å². The van der Waals surface area contributed by atoms with Crippen LogP contribution in [0.1, 0.15) is 30.8 Å². The lowest BCUT2D eigenvalue weighted by molar-refractivity contribution is -0.139. The average molecular weight is 358 g/mol. The first-order chi connectivity index (χ1) is 12.6. The van der Waals surface area contributed by atoms with E-state index >= 15 is 0 Å². The van der Waals surface area contributed by atoms with Crippen molar-refractivity contribution in [1.82, 2.24) is 14.9 Å². The van der Waals surface area contributed by atoms with Crippen molar-refractivity contribution in [3.05, 3.63) is 41.9 Å². The van der Waals surface area contributed by atoms with Crippen LogP contribution < -0.4 is 4.90 Å². The molecule has 6 nitrogen and oxygen atoms in total. The van der Waals surface area contributed by atoms with Crippen LogP contribution in [-0.2, 0) is 11.2 Å². The van der Waals surface area contributed by atoms with Gasteiger partial charge in [-0.25, -0.2) is 14.4 Å². The zero-order valence-electron chi connectivity index (χ0n) is 14.9. The SMILES string of the molecule is Cc1ccc(CCN2C(=O)CC[C@H]3CN(c4ncc(F)cn4)CC[C@H]32)o1. The molecule has 0 bridgehead atoms. The van der Waals surface area contributed by atoms with E-state index in [0.29, 0.717) is 24.8 Å². The number of carbonyl (C=O) groups excluding carboxylic acids is 1. The Morgan fingerprint density at radius 1 is 1.27 bits per heavy atom. The third-order valence-corrected chi connectivity index (χ3v) is 5.43. The molecular weight excluding hydrogens is 335 g/mol. The van der Waals surface area contributed by atoms with Gasteiger partial charge in [-0.2, -0.15) is 0 Å². The molecular formula is C19H23FN4O2. The number of hydrogen-bond donors (Lipinski definition) is 0. The monoisotopic (exact) mass is 358 g/mol. The van der Waals surface area contributed by atoms with Gasteiger partial charge in [0.2, 0.25) is 11.9 Å². The van der Waals surface area contributed by atoms with E-state index < -0.39 is 5.82 Å². The predicted octanol–water partition coefficient (Wildman–Crippen LogP) is 2.58. The first kappa shape index (κ1) is 17.0. The van der Waals surface area contributed by atoms with Crippen molar-refractivity contribution in [2.24, 2.45) is 5.92 Å². The second-order valence-corrected chi connectivity index (χ2v) is 7.15. The first-order valence-electron chi connectivity index (χ1n) is 9.17. The highest BCUT2D eigenvalue weighted by Crippen LogP contribution is 2.32. The van der Waals surface area contributed by atoms with Gasteiger partial charge in [0.15, 0.2) is 5.82 Å². The molecule has 0 spiro atoms. The number of likely N-dealkylation sites (tertiary alicyclic amines) is 1. The molecule has 0 N–H and O–H groups in total. The molecule has 2 atom stereocenters. The Balaban J connectivity index is 1.42. The highest BCUT2D eigenvalue weighted by atomic mass is 19.1. The Morgan fingerprint density at radius 2 is 2.08 bits per heavy atom. The van der Waals surface area contributed by atoms with Gasteiger partial charge >= 0.3 is 0 Å². The second-order valence-electron chi connectivity index (χ2n) is 7.15. The topological polar surface area (TPSA) is 62.5 Å². The summed E-state index contributed by atoms with van der Waals surface area (Å²) in [6, 6.07) is 4.19. The van der Waals surface area contributed by atoms with Crippen LogP contribution in [-0.4, -0.2) is 46.5 Å².